The number of nitrogens with zero attached hydrogens (tertiary/aromatic N) is 1. The Morgan fingerprint density at radius 1 is 1.36 bits per heavy atom. The molecular weight excluding hydrogens is 226 g/mol. The summed E-state index contributed by atoms with van der Waals surface area (Å²) in [7, 11) is -3.20. The third kappa shape index (κ3) is 2.46. The van der Waals surface area contributed by atoms with Gasteiger partial charge in [0.25, 0.3) is 0 Å². The highest BCUT2D eigenvalue weighted by Gasteiger charge is 2.07. The van der Waals surface area contributed by atoms with E-state index in [1.807, 2.05) is 0 Å². The molecule has 0 saturated heterocycles. The first kappa shape index (κ1) is 11.0. The average molecular weight is 234 g/mol. The monoisotopic (exact) mass is 233 g/mol. The Kier molecular flexibility index (Phi) is 3.13. The van der Waals surface area contributed by atoms with Crippen LogP contribution in [0, 0.1) is 0 Å². The predicted octanol–water partition coefficient (Wildman–Crippen LogP) is 1.46. The fourth-order valence-corrected chi connectivity index (χ4v) is 1.65. The van der Waals surface area contributed by atoms with Crippen LogP contribution < -0.4 is 0 Å². The first-order valence-electron chi connectivity index (χ1n) is 3.63. The predicted molar refractivity (Wildman–Crippen MR) is 53.7 cm³/mol. The fourth-order valence-electron chi connectivity index (χ4n) is 0.897. The Balaban J connectivity index is 3.14. The summed E-state index contributed by atoms with van der Waals surface area (Å²) in [6.07, 6.45) is 1.11. The highest BCUT2D eigenvalue weighted by Crippen LogP contribution is 2.12. The van der Waals surface area contributed by atoms with Crippen LogP contribution in [-0.4, -0.2) is 25.1 Å². The highest BCUT2D eigenvalue weighted by molar-refractivity contribution is 7.90. The topological polar surface area (TPSA) is 66.7 Å². The molecule has 0 bridgehead atoms. The number of rotatable bonds is 2. The minimum Gasteiger partial charge on any atom is -0.410 e. The molecule has 1 aromatic carbocycles. The lowest BCUT2D eigenvalue weighted by molar-refractivity contribution is 0.321. The summed E-state index contributed by atoms with van der Waals surface area (Å²) in [5.41, 5.74) is 0.460. The summed E-state index contributed by atoms with van der Waals surface area (Å²) >= 11 is 5.51. The molecule has 0 amide bonds. The Labute approximate surface area is 86.7 Å². The number of hydrogen-bond acceptors (Lipinski definition) is 4. The second-order valence-corrected chi connectivity index (χ2v) is 5.06. The molecule has 1 N–H and O–H groups in total. The Morgan fingerprint density at radius 3 is 2.21 bits per heavy atom. The molecule has 4 nitrogen and oxygen atoms in total. The maximum absolute atomic E-state index is 11.1. The molecule has 0 aliphatic carbocycles. The molecule has 0 spiro atoms. The molecule has 0 heterocycles. The zero-order chi connectivity index (χ0) is 10.8. The quantitative estimate of drug-likeness (QED) is 0.478. The normalized spacial score (nSPS) is 12.9. The van der Waals surface area contributed by atoms with Gasteiger partial charge in [0.1, 0.15) is 0 Å². The molecule has 0 atom stereocenters. The van der Waals surface area contributed by atoms with Crippen LogP contribution in [0.1, 0.15) is 5.56 Å². The minimum atomic E-state index is -3.20. The van der Waals surface area contributed by atoms with E-state index in [1.165, 1.54) is 24.3 Å². The van der Waals surface area contributed by atoms with Crippen molar-refractivity contribution < 1.29 is 13.6 Å². The average Bonchev–Trinajstić information content (AvgIpc) is 2.15. The summed E-state index contributed by atoms with van der Waals surface area (Å²) in [6.45, 7) is 0. The minimum absolute atomic E-state index is 0.0787. The van der Waals surface area contributed by atoms with Crippen LogP contribution in [0.2, 0.25) is 0 Å². The Bertz CT molecular complexity index is 450. The largest absolute Gasteiger partial charge is 0.410 e. The molecule has 76 valence electrons. The zero-order valence-corrected chi connectivity index (χ0v) is 8.88. The van der Waals surface area contributed by atoms with Gasteiger partial charge in [-0.3, -0.25) is 0 Å². The summed E-state index contributed by atoms with van der Waals surface area (Å²) in [4.78, 5) is 0.198. The lowest BCUT2D eigenvalue weighted by atomic mass is 10.2. The van der Waals surface area contributed by atoms with Crippen LogP contribution in [0.4, 0.5) is 0 Å². The second-order valence-electron chi connectivity index (χ2n) is 2.69. The number of sulfone groups is 1. The molecule has 0 fully saturated rings. The van der Waals surface area contributed by atoms with Crippen LogP contribution in [-0.2, 0) is 9.84 Å². The molecule has 6 heteroatoms. The van der Waals surface area contributed by atoms with Gasteiger partial charge in [-0.25, -0.2) is 8.42 Å². The van der Waals surface area contributed by atoms with E-state index in [1.54, 1.807) is 0 Å². The van der Waals surface area contributed by atoms with E-state index in [9.17, 15) is 8.42 Å². The molecule has 0 aliphatic heterocycles. The van der Waals surface area contributed by atoms with Gasteiger partial charge < -0.3 is 5.21 Å². The molecule has 1 rings (SSSR count). The molecule has 0 aromatic heterocycles. The third-order valence-corrected chi connectivity index (χ3v) is 3.03. The number of oxime groups is 1. The molecule has 0 radical (unpaired) electrons. The molecular formula is C8H8ClNO3S. The van der Waals surface area contributed by atoms with Crippen molar-refractivity contribution in [3.63, 3.8) is 0 Å². The van der Waals surface area contributed by atoms with E-state index >= 15 is 0 Å². The van der Waals surface area contributed by atoms with Crippen molar-refractivity contribution in [1.29, 1.82) is 0 Å². The molecule has 14 heavy (non-hydrogen) atoms. The van der Waals surface area contributed by atoms with E-state index in [0.717, 1.165) is 6.26 Å². The summed E-state index contributed by atoms with van der Waals surface area (Å²) < 4.78 is 22.1. The van der Waals surface area contributed by atoms with E-state index in [0.29, 0.717) is 5.56 Å². The van der Waals surface area contributed by atoms with E-state index in [-0.39, 0.29) is 10.1 Å². The zero-order valence-electron chi connectivity index (χ0n) is 7.31. The van der Waals surface area contributed by atoms with Gasteiger partial charge in [-0.05, 0) is 12.1 Å². The Hall–Kier alpha value is -1.07. The first-order chi connectivity index (χ1) is 6.45. The van der Waals surface area contributed by atoms with Gasteiger partial charge in [-0.2, -0.15) is 0 Å². The summed E-state index contributed by atoms with van der Waals surface area (Å²) in [6, 6.07) is 5.74. The van der Waals surface area contributed by atoms with E-state index in [2.05, 4.69) is 5.16 Å². The Morgan fingerprint density at radius 2 is 1.86 bits per heavy atom. The van der Waals surface area contributed by atoms with Crippen molar-refractivity contribution in [2.45, 2.75) is 4.90 Å². The lowest BCUT2D eigenvalue weighted by Crippen LogP contribution is -1.98. The third-order valence-electron chi connectivity index (χ3n) is 1.61. The second kappa shape index (κ2) is 3.98. The van der Waals surface area contributed by atoms with Gasteiger partial charge >= 0.3 is 0 Å². The maximum Gasteiger partial charge on any atom is 0.175 e. The van der Waals surface area contributed by atoms with E-state index in [4.69, 9.17) is 16.8 Å². The summed E-state index contributed by atoms with van der Waals surface area (Å²) in [5, 5.41) is 11.1. The first-order valence-corrected chi connectivity index (χ1v) is 5.90. The smallest absolute Gasteiger partial charge is 0.175 e. The van der Waals surface area contributed by atoms with Crippen molar-refractivity contribution >= 4 is 26.6 Å². The van der Waals surface area contributed by atoms with Crippen molar-refractivity contribution in [2.75, 3.05) is 6.26 Å². The van der Waals surface area contributed by atoms with Crippen LogP contribution in [0.15, 0.2) is 34.3 Å². The van der Waals surface area contributed by atoms with Crippen LogP contribution >= 0.6 is 11.6 Å². The van der Waals surface area contributed by atoms with Gasteiger partial charge in [-0.15, -0.1) is 0 Å². The molecule has 0 aliphatic rings. The standard InChI is InChI=1S/C8H8ClNO3S/c1-14(12,13)7-4-2-6(3-5-7)8(9)10-11/h2-5,11H,1H3/b10-8-. The van der Waals surface area contributed by atoms with Crippen molar-refractivity contribution in [1.82, 2.24) is 0 Å². The lowest BCUT2D eigenvalue weighted by Gasteiger charge is -1.99. The summed E-state index contributed by atoms with van der Waals surface area (Å²) in [5.74, 6) is 0. The van der Waals surface area contributed by atoms with Crippen LogP contribution in [0.25, 0.3) is 0 Å². The van der Waals surface area contributed by atoms with Gasteiger partial charge in [0.15, 0.2) is 15.0 Å². The van der Waals surface area contributed by atoms with Gasteiger partial charge in [-0.1, -0.05) is 28.9 Å². The SMILES string of the molecule is CS(=O)(=O)c1ccc(/C(Cl)=N/O)cc1. The van der Waals surface area contributed by atoms with Crippen molar-refractivity contribution in [2.24, 2.45) is 5.16 Å². The van der Waals surface area contributed by atoms with Gasteiger partial charge in [0, 0.05) is 11.8 Å². The number of hydrogen-bond donors (Lipinski definition) is 1. The number of benzene rings is 1. The van der Waals surface area contributed by atoms with E-state index < -0.39 is 9.84 Å². The van der Waals surface area contributed by atoms with Crippen LogP contribution in [0.3, 0.4) is 0 Å². The number of halogens is 1. The maximum atomic E-state index is 11.1. The molecule has 0 saturated carbocycles. The van der Waals surface area contributed by atoms with Crippen molar-refractivity contribution in [3.8, 4) is 0 Å². The van der Waals surface area contributed by atoms with Gasteiger partial charge in [0.2, 0.25) is 0 Å². The van der Waals surface area contributed by atoms with Crippen molar-refractivity contribution in [3.05, 3.63) is 29.8 Å². The fraction of sp³-hybridized carbons (Fsp3) is 0.125. The highest BCUT2D eigenvalue weighted by atomic mass is 35.5. The van der Waals surface area contributed by atoms with Crippen LogP contribution in [0.5, 0.6) is 0 Å². The molecule has 0 unspecified atom stereocenters. The van der Waals surface area contributed by atoms with Gasteiger partial charge in [0.05, 0.1) is 4.90 Å². The molecule has 1 aromatic rings.